The second kappa shape index (κ2) is 5.58. The number of hydrogen-bond acceptors (Lipinski definition) is 4. The number of aliphatic hydroxyl groups is 1. The van der Waals surface area contributed by atoms with Crippen molar-refractivity contribution in [1.29, 1.82) is 0 Å². The summed E-state index contributed by atoms with van der Waals surface area (Å²) in [5.74, 6) is 0.346. The number of β-amino-alcohol motifs (C(OH)–C–C–N with tert-alkyl or cyclic N) is 1. The first-order valence-electron chi connectivity index (χ1n) is 7.43. The summed E-state index contributed by atoms with van der Waals surface area (Å²) in [5.41, 5.74) is 2.30. The molecular weight excluding hydrogens is 266 g/mol. The van der Waals surface area contributed by atoms with Crippen LogP contribution >= 0.6 is 0 Å². The van der Waals surface area contributed by atoms with Gasteiger partial charge in [-0.3, -0.25) is 14.1 Å². The van der Waals surface area contributed by atoms with Crippen molar-refractivity contribution in [3.8, 4) is 0 Å². The maximum atomic E-state index is 12.2. The first-order chi connectivity index (χ1) is 10.0. The number of rotatable bonds is 2. The third kappa shape index (κ3) is 2.84. The average Bonchev–Trinajstić information content (AvgIpc) is 2.42. The third-order valence-electron chi connectivity index (χ3n) is 4.32. The Kier molecular flexibility index (Phi) is 3.78. The standard InChI is InChI=1S/C16H21N3O2/c1-11-6-7-18(10-14(11)20)9-13-8-16(21)19-12(2)4-3-5-15(19)17-13/h3-5,8,11,14,20H,6-7,9-10H2,1-2H3. The van der Waals surface area contributed by atoms with Gasteiger partial charge in [0.2, 0.25) is 0 Å². The maximum absolute atomic E-state index is 12.2. The molecule has 112 valence electrons. The van der Waals surface area contributed by atoms with Crippen LogP contribution in [0.5, 0.6) is 0 Å². The first kappa shape index (κ1) is 14.2. The highest BCUT2D eigenvalue weighted by molar-refractivity contribution is 5.40. The van der Waals surface area contributed by atoms with E-state index in [1.807, 2.05) is 25.1 Å². The van der Waals surface area contributed by atoms with Gasteiger partial charge in [-0.25, -0.2) is 4.98 Å². The Labute approximate surface area is 123 Å². The molecule has 2 atom stereocenters. The van der Waals surface area contributed by atoms with Crippen LogP contribution < -0.4 is 5.56 Å². The molecule has 1 fully saturated rings. The molecule has 0 radical (unpaired) electrons. The zero-order chi connectivity index (χ0) is 15.0. The lowest BCUT2D eigenvalue weighted by molar-refractivity contribution is 0.0254. The second-order valence-corrected chi connectivity index (χ2v) is 6.01. The molecule has 0 bridgehead atoms. The minimum absolute atomic E-state index is 0.0426. The predicted molar refractivity (Wildman–Crippen MR) is 81.3 cm³/mol. The number of aliphatic hydroxyl groups excluding tert-OH is 1. The van der Waals surface area contributed by atoms with Crippen LogP contribution in [0.15, 0.2) is 29.1 Å². The van der Waals surface area contributed by atoms with Gasteiger partial charge in [0, 0.05) is 24.8 Å². The average molecular weight is 287 g/mol. The first-order valence-corrected chi connectivity index (χ1v) is 7.43. The Hall–Kier alpha value is -1.72. The zero-order valence-corrected chi connectivity index (χ0v) is 12.5. The fourth-order valence-corrected chi connectivity index (χ4v) is 2.93. The van der Waals surface area contributed by atoms with E-state index in [0.29, 0.717) is 24.7 Å². The molecule has 3 rings (SSSR count). The van der Waals surface area contributed by atoms with Gasteiger partial charge < -0.3 is 5.11 Å². The van der Waals surface area contributed by atoms with Gasteiger partial charge in [0.15, 0.2) is 0 Å². The molecule has 5 nitrogen and oxygen atoms in total. The largest absolute Gasteiger partial charge is 0.392 e. The van der Waals surface area contributed by atoms with E-state index < -0.39 is 0 Å². The van der Waals surface area contributed by atoms with Crippen molar-refractivity contribution in [2.75, 3.05) is 13.1 Å². The minimum atomic E-state index is -0.289. The summed E-state index contributed by atoms with van der Waals surface area (Å²) in [6, 6.07) is 7.26. The number of hydrogen-bond donors (Lipinski definition) is 1. The Bertz CT molecular complexity index is 710. The van der Waals surface area contributed by atoms with Crippen LogP contribution in [-0.2, 0) is 6.54 Å². The molecule has 1 saturated heterocycles. The van der Waals surface area contributed by atoms with Crippen molar-refractivity contribution in [2.24, 2.45) is 5.92 Å². The van der Waals surface area contributed by atoms with E-state index in [1.54, 1.807) is 10.5 Å². The van der Waals surface area contributed by atoms with E-state index >= 15 is 0 Å². The highest BCUT2D eigenvalue weighted by Gasteiger charge is 2.24. The fourth-order valence-electron chi connectivity index (χ4n) is 2.93. The smallest absolute Gasteiger partial charge is 0.258 e. The maximum Gasteiger partial charge on any atom is 0.258 e. The van der Waals surface area contributed by atoms with Gasteiger partial charge in [0.1, 0.15) is 5.65 Å². The van der Waals surface area contributed by atoms with Crippen LogP contribution in [0, 0.1) is 12.8 Å². The van der Waals surface area contributed by atoms with Crippen molar-refractivity contribution in [3.05, 3.63) is 46.0 Å². The molecule has 5 heteroatoms. The van der Waals surface area contributed by atoms with Gasteiger partial charge in [-0.1, -0.05) is 13.0 Å². The molecule has 0 aromatic carbocycles. The lowest BCUT2D eigenvalue weighted by Gasteiger charge is -2.33. The summed E-state index contributed by atoms with van der Waals surface area (Å²) in [4.78, 5) is 19.0. The van der Waals surface area contributed by atoms with E-state index in [9.17, 15) is 9.90 Å². The quantitative estimate of drug-likeness (QED) is 0.902. The molecule has 2 unspecified atom stereocenters. The molecule has 0 spiro atoms. The van der Waals surface area contributed by atoms with Gasteiger partial charge in [0.25, 0.3) is 5.56 Å². The summed E-state index contributed by atoms with van der Waals surface area (Å²) in [6.45, 7) is 6.18. The highest BCUT2D eigenvalue weighted by Crippen LogP contribution is 2.18. The molecule has 2 aromatic heterocycles. The molecule has 21 heavy (non-hydrogen) atoms. The lowest BCUT2D eigenvalue weighted by Crippen LogP contribution is -2.42. The SMILES string of the molecule is Cc1cccc2nc(CN3CCC(C)C(O)C3)cc(=O)n12. The summed E-state index contributed by atoms with van der Waals surface area (Å²) in [6.07, 6.45) is 0.690. The van der Waals surface area contributed by atoms with Crippen LogP contribution in [0.2, 0.25) is 0 Å². The normalized spacial score (nSPS) is 23.6. The highest BCUT2D eigenvalue weighted by atomic mass is 16.3. The number of likely N-dealkylation sites (tertiary alicyclic amines) is 1. The summed E-state index contributed by atoms with van der Waals surface area (Å²) in [7, 11) is 0. The molecule has 1 aliphatic rings. The predicted octanol–water partition coefficient (Wildman–Crippen LogP) is 1.21. The van der Waals surface area contributed by atoms with Crippen molar-refractivity contribution in [3.63, 3.8) is 0 Å². The summed E-state index contributed by atoms with van der Waals surface area (Å²) < 4.78 is 1.62. The Balaban J connectivity index is 1.87. The monoisotopic (exact) mass is 287 g/mol. The van der Waals surface area contributed by atoms with Crippen molar-refractivity contribution in [2.45, 2.75) is 32.9 Å². The van der Waals surface area contributed by atoms with Crippen LogP contribution in [-0.4, -0.2) is 38.6 Å². The number of aromatic nitrogens is 2. The van der Waals surface area contributed by atoms with Crippen LogP contribution in [0.4, 0.5) is 0 Å². The van der Waals surface area contributed by atoms with Crippen molar-refractivity contribution < 1.29 is 5.11 Å². The molecule has 0 aliphatic carbocycles. The van der Waals surface area contributed by atoms with E-state index in [1.165, 1.54) is 0 Å². The van der Waals surface area contributed by atoms with Gasteiger partial charge >= 0.3 is 0 Å². The van der Waals surface area contributed by atoms with Gasteiger partial charge in [-0.15, -0.1) is 0 Å². The number of nitrogens with zero attached hydrogens (tertiary/aromatic N) is 3. The van der Waals surface area contributed by atoms with Crippen molar-refractivity contribution in [1.82, 2.24) is 14.3 Å². The Morgan fingerprint density at radius 3 is 3.00 bits per heavy atom. The minimum Gasteiger partial charge on any atom is -0.392 e. The molecular formula is C16H21N3O2. The molecule has 2 aromatic rings. The molecule has 0 amide bonds. The summed E-state index contributed by atoms with van der Waals surface area (Å²) in [5, 5.41) is 9.96. The second-order valence-electron chi connectivity index (χ2n) is 6.01. The summed E-state index contributed by atoms with van der Waals surface area (Å²) >= 11 is 0. The van der Waals surface area contributed by atoms with Crippen molar-refractivity contribution >= 4 is 5.65 Å². The van der Waals surface area contributed by atoms with Gasteiger partial charge in [0.05, 0.1) is 11.8 Å². The molecule has 0 saturated carbocycles. The van der Waals surface area contributed by atoms with Crippen LogP contribution in [0.3, 0.4) is 0 Å². The third-order valence-corrected chi connectivity index (χ3v) is 4.32. The Morgan fingerprint density at radius 1 is 1.43 bits per heavy atom. The molecule has 3 heterocycles. The Morgan fingerprint density at radius 2 is 2.24 bits per heavy atom. The topological polar surface area (TPSA) is 57.8 Å². The number of fused-ring (bicyclic) bond motifs is 1. The van der Waals surface area contributed by atoms with E-state index in [0.717, 1.165) is 24.4 Å². The molecule has 1 N–H and O–H groups in total. The number of pyridine rings is 1. The lowest BCUT2D eigenvalue weighted by atomic mass is 9.96. The fraction of sp³-hybridized carbons (Fsp3) is 0.500. The van der Waals surface area contributed by atoms with Crippen LogP contribution in [0.25, 0.3) is 5.65 Å². The zero-order valence-electron chi connectivity index (χ0n) is 12.5. The van der Waals surface area contributed by atoms with E-state index in [4.69, 9.17) is 0 Å². The van der Waals surface area contributed by atoms with Gasteiger partial charge in [-0.2, -0.15) is 0 Å². The van der Waals surface area contributed by atoms with Gasteiger partial charge in [-0.05, 0) is 37.9 Å². The van der Waals surface area contributed by atoms with E-state index in [-0.39, 0.29) is 11.7 Å². The molecule has 1 aliphatic heterocycles. The van der Waals surface area contributed by atoms with Crippen LogP contribution in [0.1, 0.15) is 24.7 Å². The van der Waals surface area contributed by atoms with E-state index in [2.05, 4.69) is 16.8 Å². The number of aryl methyl sites for hydroxylation is 1. The number of piperidine rings is 1.